The maximum atomic E-state index is 12.7. The van der Waals surface area contributed by atoms with Crippen molar-refractivity contribution >= 4 is 28.2 Å². The zero-order chi connectivity index (χ0) is 22.7. The smallest absolute Gasteiger partial charge is 0.240 e. The molecule has 2 aromatic carbocycles. The number of aryl methyl sites for hydroxylation is 3. The predicted molar refractivity (Wildman–Crippen MR) is 130 cm³/mol. The lowest BCUT2D eigenvalue weighted by molar-refractivity contribution is -0.117. The SMILES string of the molecule is Cc1cc(C)c(-c2csc(NC(=O)CN3CCC(C(=O)c4ccccc4)CC3)n2)c(C)c1. The number of piperidine rings is 1. The largest absolute Gasteiger partial charge is 0.301 e. The molecule has 0 bridgehead atoms. The summed E-state index contributed by atoms with van der Waals surface area (Å²) in [5.74, 6) is 0.196. The van der Waals surface area contributed by atoms with E-state index in [1.165, 1.54) is 28.0 Å². The summed E-state index contributed by atoms with van der Waals surface area (Å²) in [7, 11) is 0. The number of likely N-dealkylation sites (tertiary alicyclic amines) is 1. The van der Waals surface area contributed by atoms with Gasteiger partial charge in [-0.2, -0.15) is 0 Å². The van der Waals surface area contributed by atoms with Crippen molar-refractivity contribution in [3.63, 3.8) is 0 Å². The Morgan fingerprint density at radius 3 is 2.38 bits per heavy atom. The highest BCUT2D eigenvalue weighted by molar-refractivity contribution is 7.14. The number of aromatic nitrogens is 1. The van der Waals surface area contributed by atoms with Crippen molar-refractivity contribution in [3.05, 3.63) is 70.1 Å². The molecule has 0 radical (unpaired) electrons. The Hall–Kier alpha value is -2.83. The van der Waals surface area contributed by atoms with Crippen LogP contribution in [0.15, 0.2) is 47.8 Å². The van der Waals surface area contributed by atoms with Gasteiger partial charge in [0.05, 0.1) is 12.2 Å². The summed E-state index contributed by atoms with van der Waals surface area (Å²) in [6.45, 7) is 8.11. The Morgan fingerprint density at radius 2 is 1.72 bits per heavy atom. The first kappa shape index (κ1) is 22.4. The monoisotopic (exact) mass is 447 g/mol. The highest BCUT2D eigenvalue weighted by atomic mass is 32.1. The lowest BCUT2D eigenvalue weighted by Crippen LogP contribution is -2.40. The number of ketones is 1. The number of thiazole rings is 1. The van der Waals surface area contributed by atoms with Crippen molar-refractivity contribution in [2.24, 2.45) is 5.92 Å². The zero-order valence-corrected chi connectivity index (χ0v) is 19.7. The molecule has 6 heteroatoms. The van der Waals surface area contributed by atoms with E-state index >= 15 is 0 Å². The molecule has 0 spiro atoms. The van der Waals surface area contributed by atoms with Gasteiger partial charge >= 0.3 is 0 Å². The number of hydrogen-bond acceptors (Lipinski definition) is 5. The van der Waals surface area contributed by atoms with Crippen LogP contribution in [0.2, 0.25) is 0 Å². The van der Waals surface area contributed by atoms with E-state index in [4.69, 9.17) is 0 Å². The number of nitrogens with zero attached hydrogens (tertiary/aromatic N) is 2. The lowest BCUT2D eigenvalue weighted by atomic mass is 9.89. The Morgan fingerprint density at radius 1 is 1.06 bits per heavy atom. The molecule has 0 atom stereocenters. The van der Waals surface area contributed by atoms with Crippen molar-refractivity contribution in [2.45, 2.75) is 33.6 Å². The average Bonchev–Trinajstić information content (AvgIpc) is 3.21. The number of benzene rings is 2. The van der Waals surface area contributed by atoms with Gasteiger partial charge in [-0.15, -0.1) is 11.3 Å². The average molecular weight is 448 g/mol. The van der Waals surface area contributed by atoms with E-state index < -0.39 is 0 Å². The Balaban J connectivity index is 1.30. The molecule has 3 aromatic rings. The molecular weight excluding hydrogens is 418 g/mol. The first-order valence-electron chi connectivity index (χ1n) is 11.1. The number of Topliss-reactive ketones (excluding diaryl/α,β-unsaturated/α-hetero) is 1. The van der Waals surface area contributed by atoms with Crippen LogP contribution in [0.4, 0.5) is 5.13 Å². The molecule has 166 valence electrons. The van der Waals surface area contributed by atoms with Crippen molar-refractivity contribution < 1.29 is 9.59 Å². The van der Waals surface area contributed by atoms with Crippen LogP contribution in [0, 0.1) is 26.7 Å². The fourth-order valence-electron chi connectivity index (χ4n) is 4.58. The van der Waals surface area contributed by atoms with Crippen LogP contribution in [-0.4, -0.2) is 41.2 Å². The van der Waals surface area contributed by atoms with Crippen LogP contribution in [0.5, 0.6) is 0 Å². The number of nitrogens with one attached hydrogen (secondary N) is 1. The molecule has 5 nitrogen and oxygen atoms in total. The zero-order valence-electron chi connectivity index (χ0n) is 18.9. The van der Waals surface area contributed by atoms with Crippen LogP contribution in [0.25, 0.3) is 11.3 Å². The van der Waals surface area contributed by atoms with E-state index in [2.05, 4.69) is 48.1 Å². The van der Waals surface area contributed by atoms with E-state index in [-0.39, 0.29) is 17.6 Å². The van der Waals surface area contributed by atoms with E-state index in [1.54, 1.807) is 0 Å². The van der Waals surface area contributed by atoms with Gasteiger partial charge in [0.1, 0.15) is 0 Å². The topological polar surface area (TPSA) is 62.3 Å². The standard InChI is InChI=1S/C26H29N3O2S/c1-17-13-18(2)24(19(3)14-17)22-16-32-26(27-22)28-23(30)15-29-11-9-21(10-12-29)25(31)20-7-5-4-6-8-20/h4-8,13-14,16,21H,9-12,15H2,1-3H3,(H,27,28,30). The van der Waals surface area contributed by atoms with Crippen molar-refractivity contribution in [2.75, 3.05) is 25.0 Å². The highest BCUT2D eigenvalue weighted by Gasteiger charge is 2.26. The first-order chi connectivity index (χ1) is 15.4. The lowest BCUT2D eigenvalue weighted by Gasteiger charge is -2.30. The second kappa shape index (κ2) is 9.76. The minimum atomic E-state index is -0.0592. The quantitative estimate of drug-likeness (QED) is 0.523. The van der Waals surface area contributed by atoms with Gasteiger partial charge in [0, 0.05) is 22.4 Å². The summed E-state index contributed by atoms with van der Waals surface area (Å²) in [5, 5.41) is 5.57. The minimum Gasteiger partial charge on any atom is -0.301 e. The summed E-state index contributed by atoms with van der Waals surface area (Å²) in [4.78, 5) is 32.0. The Kier molecular flexibility index (Phi) is 6.82. The summed E-state index contributed by atoms with van der Waals surface area (Å²) in [5.41, 5.74) is 6.44. The molecule has 2 heterocycles. The number of carbonyl (C=O) groups excluding carboxylic acids is 2. The first-order valence-corrected chi connectivity index (χ1v) is 11.9. The van der Waals surface area contributed by atoms with E-state index in [0.29, 0.717) is 11.7 Å². The number of hydrogen-bond donors (Lipinski definition) is 1. The van der Waals surface area contributed by atoms with Crippen LogP contribution >= 0.6 is 11.3 Å². The Labute approximate surface area is 193 Å². The molecular formula is C26H29N3O2S. The van der Waals surface area contributed by atoms with Crippen molar-refractivity contribution in [3.8, 4) is 11.3 Å². The fourth-order valence-corrected chi connectivity index (χ4v) is 5.30. The van der Waals surface area contributed by atoms with E-state index in [0.717, 1.165) is 42.8 Å². The van der Waals surface area contributed by atoms with Crippen LogP contribution < -0.4 is 5.32 Å². The van der Waals surface area contributed by atoms with E-state index in [1.807, 2.05) is 35.7 Å². The maximum Gasteiger partial charge on any atom is 0.240 e. The number of carbonyl (C=O) groups is 2. The number of amides is 1. The van der Waals surface area contributed by atoms with Gasteiger partial charge in [-0.3, -0.25) is 14.5 Å². The fraction of sp³-hybridized carbons (Fsp3) is 0.346. The third-order valence-electron chi connectivity index (χ3n) is 6.07. The number of anilines is 1. The minimum absolute atomic E-state index is 0.0409. The number of rotatable bonds is 6. The molecule has 4 rings (SSSR count). The molecule has 1 aromatic heterocycles. The molecule has 1 amide bonds. The van der Waals surface area contributed by atoms with Gasteiger partial charge < -0.3 is 5.32 Å². The molecule has 1 fully saturated rings. The summed E-state index contributed by atoms with van der Waals surface area (Å²) in [6, 6.07) is 13.8. The normalized spacial score (nSPS) is 15.0. The van der Waals surface area contributed by atoms with Crippen molar-refractivity contribution in [1.29, 1.82) is 0 Å². The Bertz CT molecular complexity index is 1090. The summed E-state index contributed by atoms with van der Waals surface area (Å²) < 4.78 is 0. The van der Waals surface area contributed by atoms with Crippen LogP contribution in [0.1, 0.15) is 39.9 Å². The van der Waals surface area contributed by atoms with Gasteiger partial charge in [-0.1, -0.05) is 48.0 Å². The second-order valence-electron chi connectivity index (χ2n) is 8.64. The highest BCUT2D eigenvalue weighted by Crippen LogP contribution is 2.31. The van der Waals surface area contributed by atoms with Crippen LogP contribution in [-0.2, 0) is 4.79 Å². The molecule has 1 aliphatic heterocycles. The second-order valence-corrected chi connectivity index (χ2v) is 9.50. The third kappa shape index (κ3) is 5.14. The molecule has 0 unspecified atom stereocenters. The van der Waals surface area contributed by atoms with Gasteiger partial charge in [0.25, 0.3) is 0 Å². The van der Waals surface area contributed by atoms with Gasteiger partial charge in [0.2, 0.25) is 5.91 Å². The summed E-state index contributed by atoms with van der Waals surface area (Å²) >= 11 is 1.45. The van der Waals surface area contributed by atoms with Gasteiger partial charge in [0.15, 0.2) is 10.9 Å². The molecule has 1 saturated heterocycles. The molecule has 1 N–H and O–H groups in total. The maximum absolute atomic E-state index is 12.7. The molecule has 0 saturated carbocycles. The van der Waals surface area contributed by atoms with Gasteiger partial charge in [-0.05, 0) is 57.8 Å². The van der Waals surface area contributed by atoms with Crippen molar-refractivity contribution in [1.82, 2.24) is 9.88 Å². The van der Waals surface area contributed by atoms with Gasteiger partial charge in [-0.25, -0.2) is 4.98 Å². The molecule has 0 aliphatic carbocycles. The molecule has 1 aliphatic rings. The summed E-state index contributed by atoms with van der Waals surface area (Å²) in [6.07, 6.45) is 1.57. The van der Waals surface area contributed by atoms with Crippen LogP contribution in [0.3, 0.4) is 0 Å². The third-order valence-corrected chi connectivity index (χ3v) is 6.83. The predicted octanol–water partition coefficient (Wildman–Crippen LogP) is 5.27. The van der Waals surface area contributed by atoms with E-state index in [9.17, 15) is 9.59 Å². The molecule has 32 heavy (non-hydrogen) atoms.